The van der Waals surface area contributed by atoms with Gasteiger partial charge in [-0.1, -0.05) is 12.1 Å². The SMILES string of the molecule is CNC(=O)c1ccc(-c2cc[nH]c2)cc1. The number of hydrogen-bond donors (Lipinski definition) is 2. The molecule has 1 aromatic carbocycles. The molecule has 3 nitrogen and oxygen atoms in total. The maximum absolute atomic E-state index is 11.3. The van der Waals surface area contributed by atoms with Gasteiger partial charge in [0, 0.05) is 25.0 Å². The highest BCUT2D eigenvalue weighted by molar-refractivity contribution is 5.94. The lowest BCUT2D eigenvalue weighted by Crippen LogP contribution is -2.17. The van der Waals surface area contributed by atoms with Crippen LogP contribution < -0.4 is 5.32 Å². The summed E-state index contributed by atoms with van der Waals surface area (Å²) in [6.07, 6.45) is 3.80. The molecule has 2 aromatic rings. The predicted molar refractivity (Wildman–Crippen MR) is 59.6 cm³/mol. The average Bonchev–Trinajstić information content (AvgIpc) is 2.82. The zero-order chi connectivity index (χ0) is 10.7. The number of aromatic nitrogens is 1. The van der Waals surface area contributed by atoms with Gasteiger partial charge >= 0.3 is 0 Å². The van der Waals surface area contributed by atoms with Gasteiger partial charge in [-0.15, -0.1) is 0 Å². The van der Waals surface area contributed by atoms with Crippen LogP contribution >= 0.6 is 0 Å². The minimum Gasteiger partial charge on any atom is -0.367 e. The Labute approximate surface area is 88.1 Å². The molecule has 0 atom stereocenters. The van der Waals surface area contributed by atoms with Gasteiger partial charge in [0.2, 0.25) is 0 Å². The van der Waals surface area contributed by atoms with Crippen LogP contribution in [0.2, 0.25) is 0 Å². The molecule has 0 spiro atoms. The van der Waals surface area contributed by atoms with E-state index in [1.165, 1.54) is 0 Å². The Morgan fingerprint density at radius 2 is 1.87 bits per heavy atom. The number of amides is 1. The van der Waals surface area contributed by atoms with Crippen molar-refractivity contribution >= 4 is 5.91 Å². The van der Waals surface area contributed by atoms with E-state index in [2.05, 4.69) is 10.3 Å². The normalized spacial score (nSPS) is 9.93. The Bertz CT molecular complexity index is 443. The summed E-state index contributed by atoms with van der Waals surface area (Å²) in [4.78, 5) is 14.3. The number of nitrogens with one attached hydrogen (secondary N) is 2. The van der Waals surface area contributed by atoms with Crippen LogP contribution in [-0.2, 0) is 0 Å². The molecule has 3 heteroatoms. The second-order valence-corrected chi connectivity index (χ2v) is 3.26. The van der Waals surface area contributed by atoms with Crippen LogP contribution in [0.3, 0.4) is 0 Å². The Morgan fingerprint density at radius 3 is 2.40 bits per heavy atom. The molecule has 76 valence electrons. The smallest absolute Gasteiger partial charge is 0.251 e. The third-order valence-electron chi connectivity index (χ3n) is 2.31. The van der Waals surface area contributed by atoms with E-state index < -0.39 is 0 Å². The van der Waals surface area contributed by atoms with Crippen LogP contribution in [0.4, 0.5) is 0 Å². The van der Waals surface area contributed by atoms with E-state index in [0.29, 0.717) is 5.56 Å². The topological polar surface area (TPSA) is 44.9 Å². The first-order valence-electron chi connectivity index (χ1n) is 4.76. The Hall–Kier alpha value is -2.03. The molecule has 1 heterocycles. The second-order valence-electron chi connectivity index (χ2n) is 3.26. The molecule has 0 aliphatic rings. The van der Waals surface area contributed by atoms with Crippen molar-refractivity contribution in [3.63, 3.8) is 0 Å². The second kappa shape index (κ2) is 4.00. The lowest BCUT2D eigenvalue weighted by molar-refractivity contribution is 0.0963. The average molecular weight is 200 g/mol. The van der Waals surface area contributed by atoms with Crippen LogP contribution in [0.15, 0.2) is 42.7 Å². The summed E-state index contributed by atoms with van der Waals surface area (Å²) < 4.78 is 0. The Balaban J connectivity index is 2.29. The first-order valence-corrected chi connectivity index (χ1v) is 4.76. The molecule has 0 aliphatic heterocycles. The highest BCUT2D eigenvalue weighted by Gasteiger charge is 2.03. The number of hydrogen-bond acceptors (Lipinski definition) is 1. The Kier molecular flexibility index (Phi) is 2.54. The first-order chi connectivity index (χ1) is 7.31. The molecule has 0 unspecified atom stereocenters. The lowest BCUT2D eigenvalue weighted by atomic mass is 10.1. The molecule has 0 fully saturated rings. The molecule has 1 aromatic heterocycles. The van der Waals surface area contributed by atoms with Crippen molar-refractivity contribution in [1.29, 1.82) is 0 Å². The molecule has 2 rings (SSSR count). The highest BCUT2D eigenvalue weighted by Crippen LogP contribution is 2.18. The van der Waals surface area contributed by atoms with Gasteiger partial charge in [-0.3, -0.25) is 4.79 Å². The largest absolute Gasteiger partial charge is 0.367 e. The lowest BCUT2D eigenvalue weighted by Gasteiger charge is -2.01. The molecule has 0 radical (unpaired) electrons. The van der Waals surface area contributed by atoms with Crippen LogP contribution in [0.5, 0.6) is 0 Å². The van der Waals surface area contributed by atoms with Crippen molar-refractivity contribution in [2.24, 2.45) is 0 Å². The first kappa shape index (κ1) is 9.52. The molecular formula is C12H12N2O. The molecule has 0 aliphatic carbocycles. The van der Waals surface area contributed by atoms with E-state index in [1.54, 1.807) is 7.05 Å². The van der Waals surface area contributed by atoms with Crippen LogP contribution in [0.1, 0.15) is 10.4 Å². The Morgan fingerprint density at radius 1 is 1.13 bits per heavy atom. The van der Waals surface area contributed by atoms with Gasteiger partial charge in [0.25, 0.3) is 5.91 Å². The fourth-order valence-corrected chi connectivity index (χ4v) is 1.46. The summed E-state index contributed by atoms with van der Waals surface area (Å²) in [5, 5.41) is 2.59. The van der Waals surface area contributed by atoms with Crippen LogP contribution in [0, 0.1) is 0 Å². The number of carbonyl (C=O) groups is 1. The van der Waals surface area contributed by atoms with E-state index in [-0.39, 0.29) is 5.91 Å². The molecule has 0 bridgehead atoms. The van der Waals surface area contributed by atoms with Gasteiger partial charge in [0.05, 0.1) is 0 Å². The van der Waals surface area contributed by atoms with E-state index in [1.807, 2.05) is 42.7 Å². The fourth-order valence-electron chi connectivity index (χ4n) is 1.46. The number of carbonyl (C=O) groups excluding carboxylic acids is 1. The van der Waals surface area contributed by atoms with Crippen LogP contribution in [0.25, 0.3) is 11.1 Å². The van der Waals surface area contributed by atoms with Gasteiger partial charge in [0.1, 0.15) is 0 Å². The van der Waals surface area contributed by atoms with Crippen molar-refractivity contribution in [1.82, 2.24) is 10.3 Å². The fraction of sp³-hybridized carbons (Fsp3) is 0.0833. The monoisotopic (exact) mass is 200 g/mol. The summed E-state index contributed by atoms with van der Waals surface area (Å²) in [5.74, 6) is -0.0596. The van der Waals surface area contributed by atoms with Gasteiger partial charge in [-0.2, -0.15) is 0 Å². The maximum Gasteiger partial charge on any atom is 0.251 e. The van der Waals surface area contributed by atoms with Crippen molar-refractivity contribution in [2.45, 2.75) is 0 Å². The molecular weight excluding hydrogens is 188 g/mol. The maximum atomic E-state index is 11.3. The summed E-state index contributed by atoms with van der Waals surface area (Å²) in [5.41, 5.74) is 2.90. The third-order valence-corrected chi connectivity index (χ3v) is 2.31. The van der Waals surface area contributed by atoms with Gasteiger partial charge < -0.3 is 10.3 Å². The van der Waals surface area contributed by atoms with Crippen molar-refractivity contribution < 1.29 is 4.79 Å². The number of benzene rings is 1. The summed E-state index contributed by atoms with van der Waals surface area (Å²) in [7, 11) is 1.63. The standard InChI is InChI=1S/C12H12N2O/c1-13-12(15)10-4-2-9(3-5-10)11-6-7-14-8-11/h2-8,14H,1H3,(H,13,15). The van der Waals surface area contributed by atoms with Gasteiger partial charge in [0.15, 0.2) is 0 Å². The predicted octanol–water partition coefficient (Wildman–Crippen LogP) is 2.04. The molecule has 0 saturated carbocycles. The summed E-state index contributed by atoms with van der Waals surface area (Å²) in [6.45, 7) is 0. The molecule has 2 N–H and O–H groups in total. The zero-order valence-electron chi connectivity index (χ0n) is 8.45. The highest BCUT2D eigenvalue weighted by atomic mass is 16.1. The van der Waals surface area contributed by atoms with Crippen LogP contribution in [-0.4, -0.2) is 17.9 Å². The van der Waals surface area contributed by atoms with Crippen molar-refractivity contribution in [3.8, 4) is 11.1 Å². The van der Waals surface area contributed by atoms with E-state index in [4.69, 9.17) is 0 Å². The molecule has 15 heavy (non-hydrogen) atoms. The minimum absolute atomic E-state index is 0.0596. The zero-order valence-corrected chi connectivity index (χ0v) is 8.45. The number of rotatable bonds is 2. The quantitative estimate of drug-likeness (QED) is 0.765. The number of H-pyrrole nitrogens is 1. The van der Waals surface area contributed by atoms with E-state index in [9.17, 15) is 4.79 Å². The summed E-state index contributed by atoms with van der Waals surface area (Å²) >= 11 is 0. The minimum atomic E-state index is -0.0596. The number of aromatic amines is 1. The molecule has 1 amide bonds. The third kappa shape index (κ3) is 1.91. The van der Waals surface area contributed by atoms with E-state index >= 15 is 0 Å². The van der Waals surface area contributed by atoms with E-state index in [0.717, 1.165) is 11.1 Å². The van der Waals surface area contributed by atoms with Crippen molar-refractivity contribution in [2.75, 3.05) is 7.05 Å². The van der Waals surface area contributed by atoms with Gasteiger partial charge in [-0.05, 0) is 29.3 Å². The molecule has 0 saturated heterocycles. The van der Waals surface area contributed by atoms with Crippen molar-refractivity contribution in [3.05, 3.63) is 48.3 Å². The van der Waals surface area contributed by atoms with Gasteiger partial charge in [-0.25, -0.2) is 0 Å². The summed E-state index contributed by atoms with van der Waals surface area (Å²) in [6, 6.07) is 9.51.